The second-order valence-corrected chi connectivity index (χ2v) is 4.66. The lowest BCUT2D eigenvalue weighted by Crippen LogP contribution is -2.38. The Kier molecular flexibility index (Phi) is 6.67. The summed E-state index contributed by atoms with van der Waals surface area (Å²) >= 11 is 0. The number of hydrogen-bond acceptors (Lipinski definition) is 4. The molecule has 3 N–H and O–H groups in total. The minimum atomic E-state index is -0.845. The van der Waals surface area contributed by atoms with E-state index < -0.39 is 5.97 Å². The third kappa shape index (κ3) is 6.56. The number of carbonyl (C=O) groups is 2. The van der Waals surface area contributed by atoms with Crippen LogP contribution in [0.15, 0.2) is 0 Å². The third-order valence-electron chi connectivity index (χ3n) is 2.93. The van der Waals surface area contributed by atoms with Crippen LogP contribution in [0.3, 0.4) is 0 Å². The Balaban J connectivity index is 2.10. The normalized spacial score (nSPS) is 18.3. The van der Waals surface area contributed by atoms with Crippen LogP contribution in [-0.2, 0) is 14.3 Å². The van der Waals surface area contributed by atoms with E-state index in [2.05, 4.69) is 10.6 Å². The predicted molar refractivity (Wildman–Crippen MR) is 66.3 cm³/mol. The molecule has 0 saturated carbocycles. The molecule has 0 aromatic carbocycles. The smallest absolute Gasteiger partial charge is 0.303 e. The van der Waals surface area contributed by atoms with Crippen molar-refractivity contribution in [3.8, 4) is 0 Å². The van der Waals surface area contributed by atoms with E-state index in [0.29, 0.717) is 6.42 Å². The third-order valence-corrected chi connectivity index (χ3v) is 2.93. The van der Waals surface area contributed by atoms with Crippen LogP contribution in [0.2, 0.25) is 0 Å². The molecule has 0 aromatic rings. The molecule has 1 saturated heterocycles. The SMILES string of the molecule is CC(CCC(=O)O)NC(=O)COC1CCNCC1. The number of nitrogens with one attached hydrogen (secondary N) is 2. The quantitative estimate of drug-likeness (QED) is 0.604. The fraction of sp³-hybridized carbons (Fsp3) is 0.833. The molecule has 1 atom stereocenters. The highest BCUT2D eigenvalue weighted by atomic mass is 16.5. The van der Waals surface area contributed by atoms with Crippen LogP contribution in [0.1, 0.15) is 32.6 Å². The summed E-state index contributed by atoms with van der Waals surface area (Å²) in [5.74, 6) is -1.02. The second-order valence-electron chi connectivity index (χ2n) is 4.66. The Morgan fingerprint density at radius 2 is 2.11 bits per heavy atom. The highest BCUT2D eigenvalue weighted by Crippen LogP contribution is 2.06. The van der Waals surface area contributed by atoms with Crippen LogP contribution in [0.25, 0.3) is 0 Å². The first-order valence-electron chi connectivity index (χ1n) is 6.41. The van der Waals surface area contributed by atoms with E-state index in [1.807, 2.05) is 0 Å². The van der Waals surface area contributed by atoms with Crippen molar-refractivity contribution in [2.75, 3.05) is 19.7 Å². The summed E-state index contributed by atoms with van der Waals surface area (Å²) in [7, 11) is 0. The number of hydrogen-bond donors (Lipinski definition) is 3. The van der Waals surface area contributed by atoms with Gasteiger partial charge in [0.2, 0.25) is 5.91 Å². The van der Waals surface area contributed by atoms with Gasteiger partial charge in [0.25, 0.3) is 0 Å². The summed E-state index contributed by atoms with van der Waals surface area (Å²) in [6.07, 6.45) is 2.53. The molecular formula is C12H22N2O4. The summed E-state index contributed by atoms with van der Waals surface area (Å²) in [4.78, 5) is 21.9. The summed E-state index contributed by atoms with van der Waals surface area (Å²) in [6, 6.07) is -0.134. The van der Waals surface area contributed by atoms with Crippen LogP contribution < -0.4 is 10.6 Å². The Labute approximate surface area is 107 Å². The maximum absolute atomic E-state index is 11.5. The van der Waals surface area contributed by atoms with Gasteiger partial charge in [-0.25, -0.2) is 0 Å². The lowest BCUT2D eigenvalue weighted by molar-refractivity contribution is -0.137. The number of ether oxygens (including phenoxy) is 1. The van der Waals surface area contributed by atoms with E-state index in [1.54, 1.807) is 6.92 Å². The molecule has 6 nitrogen and oxygen atoms in total. The van der Waals surface area contributed by atoms with Gasteiger partial charge in [-0.05, 0) is 39.3 Å². The van der Waals surface area contributed by atoms with Crippen LogP contribution in [0.5, 0.6) is 0 Å². The van der Waals surface area contributed by atoms with Crippen LogP contribution in [0, 0.1) is 0 Å². The number of carboxylic acids is 1. The largest absolute Gasteiger partial charge is 0.481 e. The molecule has 1 aliphatic heterocycles. The van der Waals surface area contributed by atoms with Crippen molar-refractivity contribution < 1.29 is 19.4 Å². The molecule has 0 radical (unpaired) electrons. The molecular weight excluding hydrogens is 236 g/mol. The van der Waals surface area contributed by atoms with Gasteiger partial charge < -0.3 is 20.5 Å². The first-order valence-corrected chi connectivity index (χ1v) is 6.41. The zero-order valence-electron chi connectivity index (χ0n) is 10.8. The highest BCUT2D eigenvalue weighted by Gasteiger charge is 2.15. The number of carboxylic acid groups (broad SMARTS) is 1. The molecule has 0 aromatic heterocycles. The standard InChI is InChI=1S/C12H22N2O4/c1-9(2-3-12(16)17)14-11(15)8-18-10-4-6-13-7-5-10/h9-10,13H,2-8H2,1H3,(H,14,15)(H,16,17). The van der Waals surface area contributed by atoms with Crippen LogP contribution in [0.4, 0.5) is 0 Å². The Morgan fingerprint density at radius 3 is 2.72 bits per heavy atom. The fourth-order valence-electron chi connectivity index (χ4n) is 1.88. The average Bonchev–Trinajstić information content (AvgIpc) is 2.35. The summed E-state index contributed by atoms with van der Waals surface area (Å²) in [5.41, 5.74) is 0. The minimum absolute atomic E-state index is 0.0576. The Morgan fingerprint density at radius 1 is 1.44 bits per heavy atom. The van der Waals surface area contributed by atoms with Crippen LogP contribution >= 0.6 is 0 Å². The van der Waals surface area contributed by atoms with Gasteiger partial charge in [0.1, 0.15) is 6.61 Å². The molecule has 104 valence electrons. The average molecular weight is 258 g/mol. The lowest BCUT2D eigenvalue weighted by atomic mass is 10.1. The van der Waals surface area contributed by atoms with E-state index in [1.165, 1.54) is 0 Å². The maximum atomic E-state index is 11.5. The van der Waals surface area contributed by atoms with E-state index in [9.17, 15) is 9.59 Å². The van der Waals surface area contributed by atoms with E-state index in [0.717, 1.165) is 25.9 Å². The summed E-state index contributed by atoms with van der Waals surface area (Å²) in [5, 5.41) is 14.5. The van der Waals surface area contributed by atoms with Gasteiger partial charge in [0, 0.05) is 12.5 Å². The highest BCUT2D eigenvalue weighted by molar-refractivity contribution is 5.77. The number of piperidine rings is 1. The van der Waals surface area contributed by atoms with E-state index in [4.69, 9.17) is 9.84 Å². The molecule has 0 spiro atoms. The molecule has 1 unspecified atom stereocenters. The predicted octanol–water partition coefficient (Wildman–Crippen LogP) is 0.125. The molecule has 0 aliphatic carbocycles. The number of carbonyl (C=O) groups excluding carboxylic acids is 1. The van der Waals surface area contributed by atoms with Crippen molar-refractivity contribution in [3.05, 3.63) is 0 Å². The zero-order chi connectivity index (χ0) is 13.4. The number of aliphatic carboxylic acids is 1. The van der Waals surface area contributed by atoms with Gasteiger partial charge in [-0.15, -0.1) is 0 Å². The molecule has 1 heterocycles. The van der Waals surface area contributed by atoms with Gasteiger partial charge in [0.15, 0.2) is 0 Å². The summed E-state index contributed by atoms with van der Waals surface area (Å²) < 4.78 is 5.50. The van der Waals surface area contributed by atoms with E-state index in [-0.39, 0.29) is 31.1 Å². The monoisotopic (exact) mass is 258 g/mol. The van der Waals surface area contributed by atoms with Crippen molar-refractivity contribution in [2.45, 2.75) is 44.8 Å². The first-order chi connectivity index (χ1) is 8.58. The number of rotatable bonds is 7. The van der Waals surface area contributed by atoms with Gasteiger partial charge in [-0.2, -0.15) is 0 Å². The Bertz CT molecular complexity index is 277. The van der Waals surface area contributed by atoms with Gasteiger partial charge >= 0.3 is 5.97 Å². The maximum Gasteiger partial charge on any atom is 0.303 e. The fourth-order valence-corrected chi connectivity index (χ4v) is 1.88. The van der Waals surface area contributed by atoms with Crippen molar-refractivity contribution in [2.24, 2.45) is 0 Å². The molecule has 1 rings (SSSR count). The van der Waals surface area contributed by atoms with Crippen LogP contribution in [-0.4, -0.2) is 48.8 Å². The summed E-state index contributed by atoms with van der Waals surface area (Å²) in [6.45, 7) is 3.72. The number of amides is 1. The van der Waals surface area contributed by atoms with Crippen molar-refractivity contribution in [1.29, 1.82) is 0 Å². The molecule has 1 fully saturated rings. The second kappa shape index (κ2) is 8.05. The zero-order valence-corrected chi connectivity index (χ0v) is 10.8. The molecule has 0 bridgehead atoms. The van der Waals surface area contributed by atoms with Gasteiger partial charge in [-0.1, -0.05) is 0 Å². The minimum Gasteiger partial charge on any atom is -0.481 e. The van der Waals surface area contributed by atoms with Gasteiger partial charge in [-0.3, -0.25) is 9.59 Å². The van der Waals surface area contributed by atoms with Crippen molar-refractivity contribution in [1.82, 2.24) is 10.6 Å². The first kappa shape index (κ1) is 14.9. The molecule has 18 heavy (non-hydrogen) atoms. The van der Waals surface area contributed by atoms with Crippen molar-refractivity contribution in [3.63, 3.8) is 0 Å². The lowest BCUT2D eigenvalue weighted by Gasteiger charge is -2.23. The molecule has 6 heteroatoms. The van der Waals surface area contributed by atoms with E-state index >= 15 is 0 Å². The van der Waals surface area contributed by atoms with Gasteiger partial charge in [0.05, 0.1) is 6.10 Å². The molecule has 1 aliphatic rings. The van der Waals surface area contributed by atoms with Crippen molar-refractivity contribution >= 4 is 11.9 Å². The Hall–Kier alpha value is -1.14. The molecule has 1 amide bonds. The topological polar surface area (TPSA) is 87.7 Å².